The molecule has 0 saturated heterocycles. The van der Waals surface area contributed by atoms with Crippen LogP contribution in [0.4, 0.5) is 0 Å². The van der Waals surface area contributed by atoms with Gasteiger partial charge in [0, 0.05) is 6.04 Å². The smallest absolute Gasteiger partial charge is 0.119 e. The van der Waals surface area contributed by atoms with Crippen LogP contribution in [0, 0.1) is 0 Å². The molecule has 2 aromatic carbocycles. The predicted molar refractivity (Wildman–Crippen MR) is 83.7 cm³/mol. The van der Waals surface area contributed by atoms with E-state index in [1.807, 2.05) is 30.3 Å². The first-order valence-corrected chi connectivity index (χ1v) is 7.40. The first-order chi connectivity index (χ1) is 10.2. The Morgan fingerprint density at radius 1 is 1.10 bits per heavy atom. The molecule has 1 atom stereocenters. The van der Waals surface area contributed by atoms with Crippen LogP contribution in [0.3, 0.4) is 0 Å². The molecular weight excluding hydrogens is 262 g/mol. The van der Waals surface area contributed by atoms with Crippen LogP contribution in [-0.2, 0) is 6.42 Å². The minimum absolute atomic E-state index is 0.0212. The van der Waals surface area contributed by atoms with Crippen molar-refractivity contribution in [2.75, 3.05) is 7.11 Å². The Hall–Kier alpha value is -2.00. The van der Waals surface area contributed by atoms with Crippen molar-refractivity contribution in [1.82, 2.24) is 0 Å². The summed E-state index contributed by atoms with van der Waals surface area (Å²) in [6.45, 7) is 0. The molecule has 0 bridgehead atoms. The molecule has 1 aliphatic carbocycles. The molecule has 110 valence electrons. The Morgan fingerprint density at radius 3 is 2.52 bits per heavy atom. The molecule has 1 aliphatic rings. The summed E-state index contributed by atoms with van der Waals surface area (Å²) < 4.78 is 11.0. The number of rotatable bonds is 6. The van der Waals surface area contributed by atoms with Crippen LogP contribution in [-0.4, -0.2) is 13.2 Å². The third kappa shape index (κ3) is 3.76. The maximum Gasteiger partial charge on any atom is 0.119 e. The van der Waals surface area contributed by atoms with E-state index >= 15 is 0 Å². The van der Waals surface area contributed by atoms with Gasteiger partial charge >= 0.3 is 0 Å². The molecule has 3 heteroatoms. The molecule has 21 heavy (non-hydrogen) atoms. The number of methoxy groups -OCH3 is 1. The summed E-state index contributed by atoms with van der Waals surface area (Å²) in [5.41, 5.74) is 8.61. The second-order valence-electron chi connectivity index (χ2n) is 5.55. The quantitative estimate of drug-likeness (QED) is 0.882. The van der Waals surface area contributed by atoms with Crippen LogP contribution in [0.1, 0.15) is 30.0 Å². The van der Waals surface area contributed by atoms with Gasteiger partial charge in [0.25, 0.3) is 0 Å². The molecule has 1 unspecified atom stereocenters. The van der Waals surface area contributed by atoms with Gasteiger partial charge in [-0.05, 0) is 54.7 Å². The van der Waals surface area contributed by atoms with Crippen LogP contribution in [0.25, 0.3) is 0 Å². The third-order valence-electron chi connectivity index (χ3n) is 3.73. The maximum atomic E-state index is 6.30. The molecule has 0 aliphatic heterocycles. The van der Waals surface area contributed by atoms with E-state index in [-0.39, 0.29) is 6.04 Å². The summed E-state index contributed by atoms with van der Waals surface area (Å²) in [4.78, 5) is 0. The van der Waals surface area contributed by atoms with Crippen molar-refractivity contribution in [3.63, 3.8) is 0 Å². The monoisotopic (exact) mass is 283 g/mol. The van der Waals surface area contributed by atoms with Crippen molar-refractivity contribution < 1.29 is 9.47 Å². The van der Waals surface area contributed by atoms with Gasteiger partial charge < -0.3 is 15.2 Å². The fraction of sp³-hybridized carbons (Fsp3) is 0.333. The largest absolute Gasteiger partial charge is 0.497 e. The average molecular weight is 283 g/mol. The van der Waals surface area contributed by atoms with Gasteiger partial charge in [0.1, 0.15) is 11.5 Å². The normalized spacial score (nSPS) is 15.5. The molecule has 0 amide bonds. The van der Waals surface area contributed by atoms with E-state index in [9.17, 15) is 0 Å². The maximum absolute atomic E-state index is 6.30. The highest BCUT2D eigenvalue weighted by atomic mass is 16.5. The minimum atomic E-state index is -0.0212. The zero-order chi connectivity index (χ0) is 14.7. The van der Waals surface area contributed by atoms with E-state index in [1.165, 1.54) is 18.4 Å². The van der Waals surface area contributed by atoms with Gasteiger partial charge in [-0.2, -0.15) is 0 Å². The fourth-order valence-corrected chi connectivity index (χ4v) is 2.34. The Morgan fingerprint density at radius 2 is 1.86 bits per heavy atom. The van der Waals surface area contributed by atoms with Gasteiger partial charge in [-0.1, -0.05) is 24.3 Å². The second kappa shape index (κ2) is 6.19. The van der Waals surface area contributed by atoms with E-state index in [2.05, 4.69) is 18.2 Å². The van der Waals surface area contributed by atoms with Gasteiger partial charge in [0.05, 0.1) is 13.2 Å². The van der Waals surface area contributed by atoms with Crippen LogP contribution >= 0.6 is 0 Å². The molecule has 0 spiro atoms. The molecule has 0 heterocycles. The molecule has 1 saturated carbocycles. The van der Waals surface area contributed by atoms with E-state index < -0.39 is 0 Å². The second-order valence-corrected chi connectivity index (χ2v) is 5.55. The Labute approximate surface area is 125 Å². The zero-order valence-electron chi connectivity index (χ0n) is 12.3. The Kier molecular flexibility index (Phi) is 4.11. The van der Waals surface area contributed by atoms with Gasteiger partial charge in [0.2, 0.25) is 0 Å². The fourth-order valence-electron chi connectivity index (χ4n) is 2.34. The summed E-state index contributed by atoms with van der Waals surface area (Å²) in [6, 6.07) is 16.2. The van der Waals surface area contributed by atoms with E-state index in [1.54, 1.807) is 7.11 Å². The Balaban J connectivity index is 1.64. The lowest BCUT2D eigenvalue weighted by Gasteiger charge is -2.14. The highest BCUT2D eigenvalue weighted by Crippen LogP contribution is 2.28. The molecule has 0 radical (unpaired) electrons. The van der Waals surface area contributed by atoms with E-state index in [0.29, 0.717) is 6.10 Å². The van der Waals surface area contributed by atoms with Crippen LogP contribution in [0.5, 0.6) is 11.5 Å². The van der Waals surface area contributed by atoms with Gasteiger partial charge in [-0.25, -0.2) is 0 Å². The zero-order valence-corrected chi connectivity index (χ0v) is 12.3. The van der Waals surface area contributed by atoms with Crippen molar-refractivity contribution in [1.29, 1.82) is 0 Å². The summed E-state index contributed by atoms with van der Waals surface area (Å²) in [7, 11) is 1.68. The summed E-state index contributed by atoms with van der Waals surface area (Å²) in [5.74, 6) is 1.81. The molecule has 0 aromatic heterocycles. The van der Waals surface area contributed by atoms with Crippen molar-refractivity contribution in [2.45, 2.75) is 31.4 Å². The van der Waals surface area contributed by atoms with Crippen LogP contribution < -0.4 is 15.2 Å². The standard InChI is InChI=1S/C18H21NO2/c1-20-17-4-2-3-13(11-17)12-18(19)14-5-7-15(8-6-14)21-16-9-10-16/h2-8,11,16,18H,9-10,12,19H2,1H3. The van der Waals surface area contributed by atoms with Gasteiger partial charge in [0.15, 0.2) is 0 Å². The van der Waals surface area contributed by atoms with Gasteiger partial charge in [-0.3, -0.25) is 0 Å². The summed E-state index contributed by atoms with van der Waals surface area (Å²) >= 11 is 0. The number of benzene rings is 2. The number of ether oxygens (including phenoxy) is 2. The van der Waals surface area contributed by atoms with Crippen molar-refractivity contribution in [3.8, 4) is 11.5 Å². The Bertz CT molecular complexity index is 590. The number of nitrogens with two attached hydrogens (primary N) is 1. The first kappa shape index (κ1) is 14.0. The van der Waals surface area contributed by atoms with E-state index in [4.69, 9.17) is 15.2 Å². The number of hydrogen-bond donors (Lipinski definition) is 1. The van der Waals surface area contributed by atoms with Gasteiger partial charge in [-0.15, -0.1) is 0 Å². The van der Waals surface area contributed by atoms with Crippen molar-refractivity contribution >= 4 is 0 Å². The highest BCUT2D eigenvalue weighted by molar-refractivity contribution is 5.33. The highest BCUT2D eigenvalue weighted by Gasteiger charge is 2.23. The molecule has 3 rings (SSSR count). The van der Waals surface area contributed by atoms with Crippen molar-refractivity contribution in [3.05, 3.63) is 59.7 Å². The predicted octanol–water partition coefficient (Wildman–Crippen LogP) is 3.48. The lowest BCUT2D eigenvalue weighted by molar-refractivity contribution is 0.303. The summed E-state index contributed by atoms with van der Waals surface area (Å²) in [6.07, 6.45) is 3.58. The SMILES string of the molecule is COc1cccc(CC(N)c2ccc(OC3CC3)cc2)c1. The molecule has 2 N–H and O–H groups in total. The molecule has 3 nitrogen and oxygen atoms in total. The average Bonchev–Trinajstić information content (AvgIpc) is 3.32. The third-order valence-corrected chi connectivity index (χ3v) is 3.73. The lowest BCUT2D eigenvalue weighted by Crippen LogP contribution is -2.13. The number of hydrogen-bond acceptors (Lipinski definition) is 3. The van der Waals surface area contributed by atoms with Crippen LogP contribution in [0.2, 0.25) is 0 Å². The molecule has 1 fully saturated rings. The first-order valence-electron chi connectivity index (χ1n) is 7.40. The topological polar surface area (TPSA) is 44.5 Å². The molecular formula is C18H21NO2. The van der Waals surface area contributed by atoms with Crippen LogP contribution in [0.15, 0.2) is 48.5 Å². The summed E-state index contributed by atoms with van der Waals surface area (Å²) in [5, 5.41) is 0. The minimum Gasteiger partial charge on any atom is -0.497 e. The lowest BCUT2D eigenvalue weighted by atomic mass is 9.99. The van der Waals surface area contributed by atoms with E-state index in [0.717, 1.165) is 23.5 Å². The molecule has 2 aromatic rings. The van der Waals surface area contributed by atoms with Crippen molar-refractivity contribution in [2.24, 2.45) is 5.73 Å².